The van der Waals surface area contributed by atoms with Crippen LogP contribution in [0.2, 0.25) is 0 Å². The molecule has 0 fully saturated rings. The minimum absolute atomic E-state index is 0.371. The zero-order chi connectivity index (χ0) is 16.9. The summed E-state index contributed by atoms with van der Waals surface area (Å²) >= 11 is 1.46. The first kappa shape index (κ1) is 17.4. The van der Waals surface area contributed by atoms with Gasteiger partial charge >= 0.3 is 5.97 Å². The fourth-order valence-electron chi connectivity index (χ4n) is 3.47. The summed E-state index contributed by atoms with van der Waals surface area (Å²) in [5.74, 6) is 0.420. The van der Waals surface area contributed by atoms with Gasteiger partial charge in [0, 0.05) is 22.3 Å². The van der Waals surface area contributed by atoms with Crippen molar-refractivity contribution >= 4 is 28.7 Å². The van der Waals surface area contributed by atoms with Crippen molar-refractivity contribution in [2.45, 2.75) is 74.9 Å². The molecule has 0 saturated heterocycles. The number of unbranched alkanes of at least 4 members (excludes halogenated alkanes) is 3. The van der Waals surface area contributed by atoms with Crippen LogP contribution in [0.3, 0.4) is 0 Å². The zero-order valence-electron chi connectivity index (χ0n) is 14.3. The van der Waals surface area contributed by atoms with E-state index in [1.807, 2.05) is 6.07 Å². The van der Waals surface area contributed by atoms with Gasteiger partial charge in [-0.25, -0.2) is 0 Å². The number of thioether (sulfide) groups is 1. The van der Waals surface area contributed by atoms with Crippen molar-refractivity contribution in [3.63, 3.8) is 0 Å². The second-order valence-corrected chi connectivity index (χ2v) is 7.94. The maximum Gasteiger partial charge on any atom is 0.316 e. The van der Waals surface area contributed by atoms with E-state index in [1.165, 1.54) is 48.4 Å². The van der Waals surface area contributed by atoms with Gasteiger partial charge in [0.05, 0.1) is 0 Å². The van der Waals surface area contributed by atoms with Crippen LogP contribution in [-0.4, -0.2) is 16.3 Å². The molecule has 1 unspecified atom stereocenters. The molecule has 1 N–H and O–H groups in total. The van der Waals surface area contributed by atoms with Gasteiger partial charge in [-0.05, 0) is 43.9 Å². The van der Waals surface area contributed by atoms with Crippen molar-refractivity contribution in [3.8, 4) is 0 Å². The SMILES string of the molecule is CCCCCCC(Sc1ccc2c3c(oc2c1)CCCC3)C(=O)O. The molecule has 0 spiro atoms. The molecular formula is C20H26O3S. The summed E-state index contributed by atoms with van der Waals surface area (Å²) in [7, 11) is 0. The molecule has 24 heavy (non-hydrogen) atoms. The lowest BCUT2D eigenvalue weighted by Crippen LogP contribution is -2.16. The van der Waals surface area contributed by atoms with E-state index < -0.39 is 5.97 Å². The monoisotopic (exact) mass is 346 g/mol. The molecule has 0 radical (unpaired) electrons. The van der Waals surface area contributed by atoms with Crippen LogP contribution in [0, 0.1) is 0 Å². The first-order valence-electron chi connectivity index (χ1n) is 9.12. The van der Waals surface area contributed by atoms with Crippen LogP contribution in [-0.2, 0) is 17.6 Å². The fraction of sp³-hybridized carbons (Fsp3) is 0.550. The molecule has 3 nitrogen and oxygen atoms in total. The molecule has 0 bridgehead atoms. The summed E-state index contributed by atoms with van der Waals surface area (Å²) in [6, 6.07) is 6.20. The third kappa shape index (κ3) is 3.97. The molecular weight excluding hydrogens is 320 g/mol. The van der Waals surface area contributed by atoms with E-state index in [1.54, 1.807) is 0 Å². The molecule has 3 rings (SSSR count). The van der Waals surface area contributed by atoms with E-state index in [2.05, 4.69) is 19.1 Å². The Bertz CT molecular complexity index is 704. The number of fused-ring (bicyclic) bond motifs is 3. The smallest absolute Gasteiger partial charge is 0.316 e. The lowest BCUT2D eigenvalue weighted by atomic mass is 9.96. The van der Waals surface area contributed by atoms with Crippen LogP contribution in [0.15, 0.2) is 27.5 Å². The minimum Gasteiger partial charge on any atom is -0.480 e. The van der Waals surface area contributed by atoms with Gasteiger partial charge in [0.25, 0.3) is 0 Å². The molecule has 1 aliphatic carbocycles. The van der Waals surface area contributed by atoms with E-state index in [0.29, 0.717) is 0 Å². The summed E-state index contributed by atoms with van der Waals surface area (Å²) in [6.07, 6.45) is 9.74. The van der Waals surface area contributed by atoms with Gasteiger partial charge in [-0.3, -0.25) is 4.79 Å². The first-order chi connectivity index (χ1) is 11.7. The minimum atomic E-state index is -0.713. The van der Waals surface area contributed by atoms with E-state index in [4.69, 9.17) is 4.42 Å². The van der Waals surface area contributed by atoms with E-state index in [9.17, 15) is 9.90 Å². The van der Waals surface area contributed by atoms with Crippen LogP contribution < -0.4 is 0 Å². The van der Waals surface area contributed by atoms with E-state index in [-0.39, 0.29) is 5.25 Å². The Morgan fingerprint density at radius 1 is 1.25 bits per heavy atom. The number of benzene rings is 1. The van der Waals surface area contributed by atoms with Gasteiger partial charge < -0.3 is 9.52 Å². The van der Waals surface area contributed by atoms with E-state index >= 15 is 0 Å². The Balaban J connectivity index is 1.72. The predicted molar refractivity (Wildman–Crippen MR) is 98.9 cm³/mol. The van der Waals surface area contributed by atoms with Crippen LogP contribution >= 0.6 is 11.8 Å². The van der Waals surface area contributed by atoms with Gasteiger partial charge in [0.15, 0.2) is 0 Å². The Morgan fingerprint density at radius 2 is 2.08 bits per heavy atom. The average molecular weight is 346 g/mol. The van der Waals surface area contributed by atoms with Crippen molar-refractivity contribution in [1.29, 1.82) is 0 Å². The number of carboxylic acids is 1. The molecule has 1 aromatic carbocycles. The summed E-state index contributed by atoms with van der Waals surface area (Å²) in [4.78, 5) is 12.5. The summed E-state index contributed by atoms with van der Waals surface area (Å²) < 4.78 is 6.03. The molecule has 0 saturated carbocycles. The molecule has 1 aromatic heterocycles. The van der Waals surface area contributed by atoms with Gasteiger partial charge in [-0.15, -0.1) is 11.8 Å². The zero-order valence-corrected chi connectivity index (χ0v) is 15.2. The van der Waals surface area contributed by atoms with Crippen molar-refractivity contribution in [3.05, 3.63) is 29.5 Å². The summed E-state index contributed by atoms with van der Waals surface area (Å²) in [5.41, 5.74) is 2.28. The fourth-order valence-corrected chi connectivity index (χ4v) is 4.51. The molecule has 130 valence electrons. The Hall–Kier alpha value is -1.42. The van der Waals surface area contributed by atoms with Gasteiger partial charge in [0.2, 0.25) is 0 Å². The molecule has 0 aliphatic heterocycles. The highest BCUT2D eigenvalue weighted by molar-refractivity contribution is 8.00. The number of carboxylic acid groups (broad SMARTS) is 1. The Morgan fingerprint density at radius 3 is 2.88 bits per heavy atom. The molecule has 2 aromatic rings. The number of aryl methyl sites for hydroxylation is 2. The predicted octanol–water partition coefficient (Wildman–Crippen LogP) is 5.83. The van der Waals surface area contributed by atoms with Crippen LogP contribution in [0.25, 0.3) is 11.0 Å². The van der Waals surface area contributed by atoms with Crippen LogP contribution in [0.1, 0.15) is 63.2 Å². The van der Waals surface area contributed by atoms with Crippen molar-refractivity contribution in [2.75, 3.05) is 0 Å². The molecule has 1 heterocycles. The third-order valence-corrected chi connectivity index (χ3v) is 6.05. The molecule has 0 amide bonds. The Kier molecular flexibility index (Phi) is 5.88. The maximum atomic E-state index is 11.5. The van der Waals surface area contributed by atoms with Crippen LogP contribution in [0.5, 0.6) is 0 Å². The second kappa shape index (κ2) is 8.11. The topological polar surface area (TPSA) is 50.4 Å². The lowest BCUT2D eigenvalue weighted by Gasteiger charge is -2.12. The molecule has 1 atom stereocenters. The highest BCUT2D eigenvalue weighted by Gasteiger charge is 2.21. The number of carbonyl (C=O) groups is 1. The second-order valence-electron chi connectivity index (χ2n) is 6.66. The summed E-state index contributed by atoms with van der Waals surface area (Å²) in [6.45, 7) is 2.17. The molecule has 1 aliphatic rings. The third-order valence-electron chi connectivity index (χ3n) is 4.80. The van der Waals surface area contributed by atoms with Crippen molar-refractivity contribution in [1.82, 2.24) is 0 Å². The number of furan rings is 1. The number of rotatable bonds is 8. The lowest BCUT2D eigenvalue weighted by molar-refractivity contribution is -0.136. The molecule has 4 heteroatoms. The number of hydrogen-bond acceptors (Lipinski definition) is 3. The normalized spacial score (nSPS) is 15.4. The van der Waals surface area contributed by atoms with Crippen molar-refractivity contribution < 1.29 is 14.3 Å². The average Bonchev–Trinajstić information content (AvgIpc) is 2.95. The highest BCUT2D eigenvalue weighted by atomic mass is 32.2. The maximum absolute atomic E-state index is 11.5. The van der Waals surface area contributed by atoms with Gasteiger partial charge in [-0.1, -0.05) is 32.6 Å². The quantitative estimate of drug-likeness (QED) is 0.483. The van der Waals surface area contributed by atoms with Gasteiger partial charge in [0.1, 0.15) is 16.6 Å². The first-order valence-corrected chi connectivity index (χ1v) is 10.0. The van der Waals surface area contributed by atoms with Crippen molar-refractivity contribution in [2.24, 2.45) is 0 Å². The van der Waals surface area contributed by atoms with E-state index in [0.717, 1.165) is 48.3 Å². The largest absolute Gasteiger partial charge is 0.480 e. The Labute approximate surface area is 147 Å². The standard InChI is InChI=1S/C20H26O3S/c1-2-3-4-5-10-19(20(21)22)24-14-11-12-16-15-8-6-7-9-17(15)23-18(16)13-14/h11-13,19H,2-10H2,1H3,(H,21,22). The highest BCUT2D eigenvalue weighted by Crippen LogP contribution is 2.35. The van der Waals surface area contributed by atoms with Gasteiger partial charge in [-0.2, -0.15) is 0 Å². The van der Waals surface area contributed by atoms with Crippen LogP contribution in [0.4, 0.5) is 0 Å². The summed E-state index contributed by atoms with van der Waals surface area (Å²) in [5, 5.41) is 10.3. The number of hydrogen-bond donors (Lipinski definition) is 1. The number of aliphatic carboxylic acids is 1.